The Balaban J connectivity index is 1.77. The third-order valence-electron chi connectivity index (χ3n) is 4.58. The first-order valence-electron chi connectivity index (χ1n) is 8.43. The summed E-state index contributed by atoms with van der Waals surface area (Å²) in [6.45, 7) is 13.5. The minimum Gasteiger partial charge on any atom is -0.315 e. The van der Waals surface area contributed by atoms with E-state index in [1.165, 1.54) is 77.9 Å². The molecule has 1 aliphatic heterocycles. The van der Waals surface area contributed by atoms with Crippen molar-refractivity contribution in [2.45, 2.75) is 52.0 Å². The van der Waals surface area contributed by atoms with Gasteiger partial charge in [0, 0.05) is 38.8 Å². The van der Waals surface area contributed by atoms with E-state index in [1.54, 1.807) is 0 Å². The van der Waals surface area contributed by atoms with Gasteiger partial charge >= 0.3 is 0 Å². The fraction of sp³-hybridized carbons (Fsp3) is 1.00. The van der Waals surface area contributed by atoms with Gasteiger partial charge in [0.15, 0.2) is 0 Å². The van der Waals surface area contributed by atoms with Crippen molar-refractivity contribution in [1.82, 2.24) is 15.1 Å². The zero-order valence-electron chi connectivity index (χ0n) is 13.0. The van der Waals surface area contributed by atoms with E-state index in [4.69, 9.17) is 0 Å². The highest BCUT2D eigenvalue weighted by Crippen LogP contribution is 2.24. The zero-order chi connectivity index (χ0) is 13.5. The van der Waals surface area contributed by atoms with E-state index in [2.05, 4.69) is 29.0 Å². The lowest BCUT2D eigenvalue weighted by Gasteiger charge is -2.32. The third kappa shape index (κ3) is 5.41. The summed E-state index contributed by atoms with van der Waals surface area (Å²) in [6.07, 6.45) is 7.09. The molecule has 0 spiro atoms. The van der Waals surface area contributed by atoms with Crippen molar-refractivity contribution in [2.24, 2.45) is 5.92 Å². The molecule has 0 atom stereocenters. The van der Waals surface area contributed by atoms with Crippen LogP contribution < -0.4 is 5.32 Å². The Morgan fingerprint density at radius 1 is 1.11 bits per heavy atom. The van der Waals surface area contributed by atoms with Crippen LogP contribution in [0.15, 0.2) is 0 Å². The number of hydrogen-bond donors (Lipinski definition) is 1. The molecule has 2 aliphatic rings. The van der Waals surface area contributed by atoms with Gasteiger partial charge in [-0.3, -0.25) is 4.90 Å². The second-order valence-electron chi connectivity index (χ2n) is 6.77. The molecule has 2 fully saturated rings. The summed E-state index contributed by atoms with van der Waals surface area (Å²) < 4.78 is 0. The predicted octanol–water partition coefficient (Wildman–Crippen LogP) is 2.18. The van der Waals surface area contributed by atoms with Crippen molar-refractivity contribution in [3.8, 4) is 0 Å². The van der Waals surface area contributed by atoms with Crippen LogP contribution in [0.1, 0.15) is 46.0 Å². The van der Waals surface area contributed by atoms with E-state index in [0.717, 1.165) is 12.0 Å². The SMILES string of the molecule is CC(C)CN(CCN1CCCNCC1)C1CCCC1. The predicted molar refractivity (Wildman–Crippen MR) is 82.6 cm³/mol. The Morgan fingerprint density at radius 3 is 2.63 bits per heavy atom. The summed E-state index contributed by atoms with van der Waals surface area (Å²) in [5.74, 6) is 0.798. The highest BCUT2D eigenvalue weighted by atomic mass is 15.2. The van der Waals surface area contributed by atoms with E-state index in [0.29, 0.717) is 0 Å². The Morgan fingerprint density at radius 2 is 1.89 bits per heavy atom. The van der Waals surface area contributed by atoms with Gasteiger partial charge in [0.05, 0.1) is 0 Å². The molecule has 112 valence electrons. The van der Waals surface area contributed by atoms with Crippen LogP contribution in [-0.4, -0.2) is 61.7 Å². The van der Waals surface area contributed by atoms with Crippen molar-refractivity contribution < 1.29 is 0 Å². The molecule has 0 amide bonds. The van der Waals surface area contributed by atoms with Gasteiger partial charge in [-0.05, 0) is 38.3 Å². The monoisotopic (exact) mass is 267 g/mol. The van der Waals surface area contributed by atoms with E-state index < -0.39 is 0 Å². The van der Waals surface area contributed by atoms with E-state index >= 15 is 0 Å². The second-order valence-corrected chi connectivity index (χ2v) is 6.77. The molecule has 0 radical (unpaired) electrons. The lowest BCUT2D eigenvalue weighted by Crippen LogP contribution is -2.42. The number of hydrogen-bond acceptors (Lipinski definition) is 3. The molecule has 1 N–H and O–H groups in total. The molecule has 19 heavy (non-hydrogen) atoms. The van der Waals surface area contributed by atoms with Gasteiger partial charge in [-0.2, -0.15) is 0 Å². The first kappa shape index (κ1) is 15.3. The summed E-state index contributed by atoms with van der Waals surface area (Å²) in [5.41, 5.74) is 0. The standard InChI is InChI=1S/C16H33N3/c1-15(2)14-19(16-6-3-4-7-16)13-12-18-10-5-8-17-9-11-18/h15-17H,3-14H2,1-2H3. The maximum absolute atomic E-state index is 3.50. The van der Waals surface area contributed by atoms with Crippen molar-refractivity contribution in [1.29, 1.82) is 0 Å². The van der Waals surface area contributed by atoms with E-state index in [1.807, 2.05) is 0 Å². The number of nitrogens with one attached hydrogen (secondary N) is 1. The van der Waals surface area contributed by atoms with Crippen LogP contribution in [0.2, 0.25) is 0 Å². The quantitative estimate of drug-likeness (QED) is 0.796. The van der Waals surface area contributed by atoms with Crippen molar-refractivity contribution in [3.05, 3.63) is 0 Å². The summed E-state index contributed by atoms with van der Waals surface area (Å²) in [4.78, 5) is 5.44. The van der Waals surface area contributed by atoms with Crippen LogP contribution >= 0.6 is 0 Å². The summed E-state index contributed by atoms with van der Waals surface area (Å²) in [5, 5.41) is 3.50. The lowest BCUT2D eigenvalue weighted by molar-refractivity contribution is 0.149. The molecular weight excluding hydrogens is 234 g/mol. The fourth-order valence-corrected chi connectivity index (χ4v) is 3.56. The van der Waals surface area contributed by atoms with Gasteiger partial charge in [-0.1, -0.05) is 26.7 Å². The zero-order valence-corrected chi connectivity index (χ0v) is 13.0. The highest BCUT2D eigenvalue weighted by molar-refractivity contribution is 4.79. The Labute approximate surface area is 119 Å². The molecule has 0 aromatic rings. The lowest BCUT2D eigenvalue weighted by atomic mass is 10.1. The number of rotatable bonds is 6. The van der Waals surface area contributed by atoms with Gasteiger partial charge in [-0.25, -0.2) is 0 Å². The van der Waals surface area contributed by atoms with Crippen LogP contribution in [0, 0.1) is 5.92 Å². The first-order chi connectivity index (χ1) is 9.25. The third-order valence-corrected chi connectivity index (χ3v) is 4.58. The second kappa shape index (κ2) is 8.23. The van der Waals surface area contributed by atoms with Crippen LogP contribution in [0.4, 0.5) is 0 Å². The molecule has 1 saturated heterocycles. The maximum atomic E-state index is 3.50. The Hall–Kier alpha value is -0.120. The van der Waals surface area contributed by atoms with Gasteiger partial charge in [0.2, 0.25) is 0 Å². The summed E-state index contributed by atoms with van der Waals surface area (Å²) >= 11 is 0. The van der Waals surface area contributed by atoms with Gasteiger partial charge in [0.25, 0.3) is 0 Å². The van der Waals surface area contributed by atoms with Crippen LogP contribution in [0.25, 0.3) is 0 Å². The smallest absolute Gasteiger partial charge is 0.0112 e. The topological polar surface area (TPSA) is 18.5 Å². The fourth-order valence-electron chi connectivity index (χ4n) is 3.56. The van der Waals surface area contributed by atoms with Gasteiger partial charge in [0.1, 0.15) is 0 Å². The average molecular weight is 267 g/mol. The highest BCUT2D eigenvalue weighted by Gasteiger charge is 2.23. The molecule has 1 saturated carbocycles. The van der Waals surface area contributed by atoms with E-state index in [9.17, 15) is 0 Å². The molecule has 0 bridgehead atoms. The molecule has 0 aromatic carbocycles. The van der Waals surface area contributed by atoms with Crippen LogP contribution in [0.3, 0.4) is 0 Å². The first-order valence-corrected chi connectivity index (χ1v) is 8.43. The van der Waals surface area contributed by atoms with Gasteiger partial charge in [-0.15, -0.1) is 0 Å². The molecule has 2 rings (SSSR count). The average Bonchev–Trinajstić information content (AvgIpc) is 2.78. The summed E-state index contributed by atoms with van der Waals surface area (Å²) in [7, 11) is 0. The van der Waals surface area contributed by atoms with Crippen molar-refractivity contribution in [2.75, 3.05) is 45.8 Å². The molecule has 3 heteroatoms. The normalized spacial score (nSPS) is 23.4. The largest absolute Gasteiger partial charge is 0.315 e. The molecule has 1 heterocycles. The van der Waals surface area contributed by atoms with Crippen molar-refractivity contribution >= 4 is 0 Å². The molecule has 0 unspecified atom stereocenters. The summed E-state index contributed by atoms with van der Waals surface area (Å²) in [6, 6.07) is 0.882. The number of nitrogens with zero attached hydrogens (tertiary/aromatic N) is 2. The molecule has 1 aliphatic carbocycles. The molecule has 3 nitrogen and oxygen atoms in total. The molecule has 0 aromatic heterocycles. The van der Waals surface area contributed by atoms with Crippen LogP contribution in [-0.2, 0) is 0 Å². The Bertz CT molecular complexity index is 228. The van der Waals surface area contributed by atoms with Crippen molar-refractivity contribution in [3.63, 3.8) is 0 Å². The minimum atomic E-state index is 0.798. The Kier molecular flexibility index (Phi) is 6.62. The minimum absolute atomic E-state index is 0.798. The maximum Gasteiger partial charge on any atom is 0.0112 e. The van der Waals surface area contributed by atoms with Crippen LogP contribution in [0.5, 0.6) is 0 Å². The van der Waals surface area contributed by atoms with E-state index in [-0.39, 0.29) is 0 Å². The molecular formula is C16H33N3. The van der Waals surface area contributed by atoms with Gasteiger partial charge < -0.3 is 10.2 Å².